The summed E-state index contributed by atoms with van der Waals surface area (Å²) in [5.74, 6) is -0.0397. The van der Waals surface area contributed by atoms with E-state index in [-0.39, 0.29) is 18.0 Å². The number of benzene rings is 1. The summed E-state index contributed by atoms with van der Waals surface area (Å²) in [5.41, 5.74) is 1.92. The molecule has 0 aliphatic carbocycles. The Labute approximate surface area is 177 Å². The van der Waals surface area contributed by atoms with Crippen LogP contribution in [-0.2, 0) is 4.74 Å². The van der Waals surface area contributed by atoms with Gasteiger partial charge in [0.1, 0.15) is 5.52 Å². The molecule has 4 atom stereocenters. The predicted octanol–water partition coefficient (Wildman–Crippen LogP) is 3.19. The average Bonchev–Trinajstić information content (AvgIpc) is 3.18. The molecule has 7 heteroatoms. The minimum absolute atomic E-state index is 0.0397. The first-order valence-electron chi connectivity index (χ1n) is 11.4. The number of aromatic nitrogens is 1. The molecule has 1 unspecified atom stereocenters. The number of ether oxygens (including phenoxy) is 1. The Morgan fingerprint density at radius 2 is 2.07 bits per heavy atom. The van der Waals surface area contributed by atoms with Gasteiger partial charge in [-0.05, 0) is 51.3 Å². The van der Waals surface area contributed by atoms with E-state index in [2.05, 4.69) is 29.1 Å². The molecule has 2 aromatic rings. The first kappa shape index (κ1) is 19.8. The van der Waals surface area contributed by atoms with Crippen molar-refractivity contribution in [2.75, 3.05) is 31.7 Å². The SMILES string of the molecule is CC[C@H]1COCCN1c1nc2c(C(=O)NC3C[C@H]4CCC[C@@H](C3)N4C)cccc2o1. The van der Waals surface area contributed by atoms with Crippen LogP contribution in [0.1, 0.15) is 55.8 Å². The number of hydrogen-bond acceptors (Lipinski definition) is 6. The zero-order valence-corrected chi connectivity index (χ0v) is 18.0. The maximum absolute atomic E-state index is 13.2. The fourth-order valence-corrected chi connectivity index (χ4v) is 5.48. The summed E-state index contributed by atoms with van der Waals surface area (Å²) >= 11 is 0. The zero-order valence-electron chi connectivity index (χ0n) is 18.0. The molecule has 0 radical (unpaired) electrons. The summed E-state index contributed by atoms with van der Waals surface area (Å²) < 4.78 is 11.7. The van der Waals surface area contributed by atoms with Gasteiger partial charge in [-0.1, -0.05) is 19.4 Å². The van der Waals surface area contributed by atoms with Crippen LogP contribution in [0.15, 0.2) is 22.6 Å². The van der Waals surface area contributed by atoms with E-state index in [4.69, 9.17) is 14.1 Å². The fourth-order valence-electron chi connectivity index (χ4n) is 5.48. The molecule has 162 valence electrons. The third-order valence-corrected chi connectivity index (χ3v) is 7.27. The lowest BCUT2D eigenvalue weighted by molar-refractivity contribution is 0.0463. The summed E-state index contributed by atoms with van der Waals surface area (Å²) in [6, 6.07) is 7.88. The van der Waals surface area contributed by atoms with Crippen LogP contribution in [0.5, 0.6) is 0 Å². The number of carbonyl (C=O) groups is 1. The number of anilines is 1. The Morgan fingerprint density at radius 1 is 1.27 bits per heavy atom. The van der Waals surface area contributed by atoms with E-state index in [0.717, 1.165) is 25.8 Å². The van der Waals surface area contributed by atoms with E-state index < -0.39 is 0 Å². The van der Waals surface area contributed by atoms with Crippen molar-refractivity contribution in [3.05, 3.63) is 23.8 Å². The summed E-state index contributed by atoms with van der Waals surface area (Å²) in [6.07, 6.45) is 6.81. The number of para-hydroxylation sites is 1. The number of carbonyl (C=O) groups excluding carboxylic acids is 1. The van der Waals surface area contributed by atoms with Crippen LogP contribution in [-0.4, -0.2) is 66.8 Å². The van der Waals surface area contributed by atoms with Crippen LogP contribution in [0.2, 0.25) is 0 Å². The van der Waals surface area contributed by atoms with E-state index in [1.807, 2.05) is 18.2 Å². The van der Waals surface area contributed by atoms with Gasteiger partial charge in [-0.15, -0.1) is 0 Å². The lowest BCUT2D eigenvalue weighted by Crippen LogP contribution is -2.55. The van der Waals surface area contributed by atoms with Crippen molar-refractivity contribution in [2.24, 2.45) is 0 Å². The monoisotopic (exact) mass is 412 g/mol. The van der Waals surface area contributed by atoms with Crippen molar-refractivity contribution in [1.82, 2.24) is 15.2 Å². The molecule has 3 saturated heterocycles. The van der Waals surface area contributed by atoms with Gasteiger partial charge < -0.3 is 24.3 Å². The molecule has 4 heterocycles. The van der Waals surface area contributed by atoms with E-state index in [1.54, 1.807) is 0 Å². The second kappa shape index (κ2) is 8.19. The molecule has 0 spiro atoms. The Bertz CT molecular complexity index is 899. The van der Waals surface area contributed by atoms with Gasteiger partial charge in [-0.25, -0.2) is 0 Å². The van der Waals surface area contributed by atoms with Gasteiger partial charge in [0.2, 0.25) is 0 Å². The molecule has 1 amide bonds. The smallest absolute Gasteiger partial charge is 0.298 e. The van der Waals surface area contributed by atoms with Crippen LogP contribution in [0.3, 0.4) is 0 Å². The number of fused-ring (bicyclic) bond motifs is 3. The summed E-state index contributed by atoms with van der Waals surface area (Å²) in [4.78, 5) is 22.6. The number of rotatable bonds is 4. The molecule has 1 N–H and O–H groups in total. The number of amides is 1. The van der Waals surface area contributed by atoms with Crippen LogP contribution in [0.25, 0.3) is 11.1 Å². The van der Waals surface area contributed by atoms with Crippen molar-refractivity contribution >= 4 is 23.0 Å². The minimum atomic E-state index is -0.0397. The van der Waals surface area contributed by atoms with Crippen LogP contribution >= 0.6 is 0 Å². The van der Waals surface area contributed by atoms with Crippen molar-refractivity contribution in [2.45, 2.75) is 69.6 Å². The number of oxazole rings is 1. The Kier molecular flexibility index (Phi) is 5.41. The highest BCUT2D eigenvalue weighted by atomic mass is 16.5. The molecule has 1 aromatic carbocycles. The van der Waals surface area contributed by atoms with Crippen LogP contribution in [0, 0.1) is 0 Å². The molecule has 5 rings (SSSR count). The molecule has 7 nitrogen and oxygen atoms in total. The van der Waals surface area contributed by atoms with Crippen molar-refractivity contribution in [3.8, 4) is 0 Å². The van der Waals surface area contributed by atoms with Gasteiger partial charge in [-0.2, -0.15) is 4.98 Å². The van der Waals surface area contributed by atoms with Gasteiger partial charge in [0.05, 0.1) is 24.8 Å². The standard InChI is InChI=1S/C23H32N4O3/c1-3-16-14-29-11-10-27(16)23-25-21-19(8-5-9-20(21)30-23)22(28)24-15-12-17-6-4-7-18(13-15)26(17)2/h5,8-9,15-18H,3-4,6-7,10-14H2,1-2H3,(H,24,28)/t15?,16-,17-,18+/m0/s1. The lowest BCUT2D eigenvalue weighted by atomic mass is 9.82. The lowest BCUT2D eigenvalue weighted by Gasteiger charge is -2.47. The van der Waals surface area contributed by atoms with Crippen molar-refractivity contribution < 1.29 is 13.9 Å². The quantitative estimate of drug-likeness (QED) is 0.832. The number of piperidine rings is 2. The van der Waals surface area contributed by atoms with E-state index in [1.165, 1.54) is 19.3 Å². The Balaban J connectivity index is 1.36. The molecule has 30 heavy (non-hydrogen) atoms. The predicted molar refractivity (Wildman–Crippen MR) is 116 cm³/mol. The summed E-state index contributed by atoms with van der Waals surface area (Å²) in [5, 5.41) is 3.30. The second-order valence-electron chi connectivity index (χ2n) is 9.02. The first-order valence-corrected chi connectivity index (χ1v) is 11.4. The Hall–Kier alpha value is -2.12. The van der Waals surface area contributed by atoms with Gasteiger partial charge in [-0.3, -0.25) is 4.79 Å². The third kappa shape index (κ3) is 3.58. The molecule has 0 saturated carbocycles. The zero-order chi connectivity index (χ0) is 20.7. The molecular weight excluding hydrogens is 380 g/mol. The minimum Gasteiger partial charge on any atom is -0.423 e. The Morgan fingerprint density at radius 3 is 2.83 bits per heavy atom. The molecule has 2 bridgehead atoms. The van der Waals surface area contributed by atoms with Crippen molar-refractivity contribution in [1.29, 1.82) is 0 Å². The number of nitrogens with zero attached hydrogens (tertiary/aromatic N) is 3. The normalized spacial score (nSPS) is 29.9. The van der Waals surface area contributed by atoms with Crippen LogP contribution in [0.4, 0.5) is 6.01 Å². The maximum atomic E-state index is 13.2. The summed E-state index contributed by atoms with van der Waals surface area (Å²) in [6.45, 7) is 4.25. The number of morpholine rings is 1. The maximum Gasteiger partial charge on any atom is 0.298 e. The van der Waals surface area contributed by atoms with Crippen LogP contribution < -0.4 is 10.2 Å². The van der Waals surface area contributed by atoms with Gasteiger partial charge in [0.15, 0.2) is 5.58 Å². The molecular formula is C23H32N4O3. The summed E-state index contributed by atoms with van der Waals surface area (Å²) in [7, 11) is 2.24. The number of nitrogens with one attached hydrogen (secondary N) is 1. The molecule has 3 aliphatic rings. The highest BCUT2D eigenvalue weighted by Crippen LogP contribution is 2.33. The topological polar surface area (TPSA) is 70.8 Å². The fraction of sp³-hybridized carbons (Fsp3) is 0.652. The van der Waals surface area contributed by atoms with E-state index in [9.17, 15) is 4.79 Å². The highest BCUT2D eigenvalue weighted by molar-refractivity contribution is 6.04. The van der Waals surface area contributed by atoms with E-state index in [0.29, 0.717) is 48.0 Å². The third-order valence-electron chi connectivity index (χ3n) is 7.27. The van der Waals surface area contributed by atoms with Crippen molar-refractivity contribution in [3.63, 3.8) is 0 Å². The molecule has 1 aromatic heterocycles. The number of hydrogen-bond donors (Lipinski definition) is 1. The molecule has 3 aliphatic heterocycles. The van der Waals surface area contributed by atoms with Gasteiger partial charge in [0, 0.05) is 24.7 Å². The molecule has 3 fully saturated rings. The largest absolute Gasteiger partial charge is 0.423 e. The second-order valence-corrected chi connectivity index (χ2v) is 9.02. The first-order chi connectivity index (χ1) is 14.6. The van der Waals surface area contributed by atoms with Gasteiger partial charge in [0.25, 0.3) is 11.9 Å². The highest BCUT2D eigenvalue weighted by Gasteiger charge is 2.36. The van der Waals surface area contributed by atoms with Gasteiger partial charge >= 0.3 is 0 Å². The average molecular weight is 413 g/mol. The van der Waals surface area contributed by atoms with E-state index >= 15 is 0 Å².